The maximum absolute atomic E-state index is 11.9. The second kappa shape index (κ2) is 28.8. The van der Waals surface area contributed by atoms with Gasteiger partial charge in [0.1, 0.15) is 171 Å². The van der Waals surface area contributed by atoms with Crippen molar-refractivity contribution in [3.05, 3.63) is 0 Å². The quantitative estimate of drug-likeness (QED) is 0.0507. The average molecular weight is 1180 g/mol. The molecule has 0 amide bonds. The normalized spacial score (nSPS) is 52.5. The Kier molecular flexibility index (Phi) is 23.8. The molecule has 0 aromatic rings. The van der Waals surface area contributed by atoms with Crippen molar-refractivity contribution >= 4 is 0 Å². The third-order valence-corrected chi connectivity index (χ3v) is 15.0. The van der Waals surface area contributed by atoms with E-state index in [1.54, 1.807) is 0 Å². The van der Waals surface area contributed by atoms with Gasteiger partial charge < -0.3 is 178 Å². The van der Waals surface area contributed by atoms with Crippen molar-refractivity contribution in [2.24, 2.45) is 0 Å². The number of ether oxygens (including phenoxy) is 15. The van der Waals surface area contributed by atoms with Crippen LogP contribution in [0, 0.1) is 0 Å². The number of aliphatic hydroxyl groups excluding tert-OH is 21. The van der Waals surface area contributed by atoms with Crippen molar-refractivity contribution in [1.29, 1.82) is 0 Å². The molecule has 468 valence electrons. The van der Waals surface area contributed by atoms with Gasteiger partial charge in [0.2, 0.25) is 0 Å². The van der Waals surface area contributed by atoms with Gasteiger partial charge in [0.25, 0.3) is 0 Å². The molecule has 7 aliphatic rings. The summed E-state index contributed by atoms with van der Waals surface area (Å²) in [6, 6.07) is 0. The summed E-state index contributed by atoms with van der Waals surface area (Å²) >= 11 is 0. The van der Waals surface area contributed by atoms with Gasteiger partial charge in [0, 0.05) is 14.2 Å². The van der Waals surface area contributed by atoms with Crippen molar-refractivity contribution in [2.75, 3.05) is 60.5 Å². The largest absolute Gasteiger partial charge is 0.394 e. The number of hydrogen-bond acceptors (Lipinski definition) is 36. The Morgan fingerprint density at radius 3 is 0.800 bits per heavy atom. The molecule has 7 saturated heterocycles. The zero-order chi connectivity index (χ0) is 58.8. The van der Waals surface area contributed by atoms with Crippen LogP contribution in [0.25, 0.3) is 0 Å². The van der Waals surface area contributed by atoms with Crippen LogP contribution in [0.15, 0.2) is 0 Å². The molecule has 0 aliphatic carbocycles. The second-order valence-corrected chi connectivity index (χ2v) is 20.0. The van der Waals surface area contributed by atoms with E-state index in [4.69, 9.17) is 71.1 Å². The van der Waals surface area contributed by atoms with Crippen LogP contribution in [-0.2, 0) is 71.1 Å². The van der Waals surface area contributed by atoms with E-state index in [0.29, 0.717) is 0 Å². The second-order valence-electron chi connectivity index (χ2n) is 20.0. The van der Waals surface area contributed by atoms with Crippen LogP contribution in [0.5, 0.6) is 0 Å². The lowest BCUT2D eigenvalue weighted by molar-refractivity contribution is -0.395. The van der Waals surface area contributed by atoms with Crippen molar-refractivity contribution in [2.45, 2.75) is 215 Å². The third-order valence-electron chi connectivity index (χ3n) is 15.0. The monoisotopic (exact) mass is 1180 g/mol. The molecule has 35 atom stereocenters. The highest BCUT2D eigenvalue weighted by atomic mass is 16.8. The summed E-state index contributed by atoms with van der Waals surface area (Å²) in [5.41, 5.74) is 0. The van der Waals surface area contributed by atoms with Crippen molar-refractivity contribution < 1.29 is 178 Å². The van der Waals surface area contributed by atoms with E-state index in [1.807, 2.05) is 0 Å². The van der Waals surface area contributed by atoms with E-state index in [0.717, 1.165) is 14.2 Å². The lowest BCUT2D eigenvalue weighted by atomic mass is 9.95. The fourth-order valence-corrected chi connectivity index (χ4v) is 10.3. The summed E-state index contributed by atoms with van der Waals surface area (Å²) in [7, 11) is 2.21. The summed E-state index contributed by atoms with van der Waals surface area (Å²) < 4.78 is 83.9. The van der Waals surface area contributed by atoms with E-state index in [1.165, 1.54) is 0 Å². The van der Waals surface area contributed by atoms with E-state index in [9.17, 15) is 107 Å². The minimum absolute atomic E-state index is 0.823. The molecule has 0 radical (unpaired) electrons. The topological polar surface area (TPSA) is 563 Å². The standard InChI is InChI=1S/C44H76O36/c1-66-32-18(52)11(4-46)72-41(26(32)60)79-36-22(56)15(8-50)74-43(30(36)64)80-37-23(57)16(75-44(31(37)65)77-33-19(53)12(5-47)69-38(67-2)27(33)61)9-68-39-28(62)34(20(54)13(6-48)70-39)78-42-29(63)35(21(55)14(7-49)73-42)76-40-25(59)24(58)17(51)10(3-45)71-40/h10-65H,3-9H2,1-2H3/t10?,11?,12?,13?,14?,15?,16?,17-,18-,19-,20-,21-,22-,23-,24+,25?,26?,27?,28?,29?,30?,31?,32+,33+,34+,35+,36+,37+,38-,39-,40+,41+,42+,43+,44+/m1/s1. The Hall–Kier alpha value is -1.44. The first-order valence-electron chi connectivity index (χ1n) is 25.4. The van der Waals surface area contributed by atoms with Crippen LogP contribution in [0.2, 0.25) is 0 Å². The summed E-state index contributed by atoms with van der Waals surface area (Å²) in [4.78, 5) is 0. The van der Waals surface area contributed by atoms with Gasteiger partial charge in [-0.3, -0.25) is 0 Å². The molecule has 7 aliphatic heterocycles. The molecule has 7 rings (SSSR count). The number of rotatable bonds is 21. The van der Waals surface area contributed by atoms with Gasteiger partial charge >= 0.3 is 0 Å². The summed E-state index contributed by atoms with van der Waals surface area (Å²) in [6.07, 6.45) is -66.8. The van der Waals surface area contributed by atoms with Gasteiger partial charge in [-0.25, -0.2) is 0 Å². The highest BCUT2D eigenvalue weighted by Crippen LogP contribution is 2.37. The van der Waals surface area contributed by atoms with Crippen LogP contribution in [0.3, 0.4) is 0 Å². The molecule has 0 aromatic heterocycles. The molecular formula is C44H76O36. The minimum Gasteiger partial charge on any atom is -0.394 e. The predicted molar refractivity (Wildman–Crippen MR) is 241 cm³/mol. The lowest BCUT2D eigenvalue weighted by Crippen LogP contribution is -2.68. The van der Waals surface area contributed by atoms with E-state index in [2.05, 4.69) is 0 Å². The fourth-order valence-electron chi connectivity index (χ4n) is 10.3. The Morgan fingerprint density at radius 2 is 0.475 bits per heavy atom. The van der Waals surface area contributed by atoms with Gasteiger partial charge in [-0.05, 0) is 0 Å². The Bertz CT molecular complexity index is 1840. The molecule has 7 fully saturated rings. The van der Waals surface area contributed by atoms with E-state index < -0.39 is 261 Å². The number of hydrogen-bond donors (Lipinski definition) is 21. The van der Waals surface area contributed by atoms with Crippen molar-refractivity contribution in [1.82, 2.24) is 0 Å². The van der Waals surface area contributed by atoms with Crippen molar-refractivity contribution in [3.63, 3.8) is 0 Å². The lowest BCUT2D eigenvalue weighted by Gasteiger charge is -2.49. The molecule has 0 saturated carbocycles. The Labute approximate surface area is 453 Å². The van der Waals surface area contributed by atoms with Gasteiger partial charge in [-0.2, -0.15) is 0 Å². The first kappa shape index (κ1) is 66.1. The summed E-state index contributed by atoms with van der Waals surface area (Å²) in [6.45, 7) is -6.62. The van der Waals surface area contributed by atoms with Gasteiger partial charge in [0.15, 0.2) is 44.0 Å². The molecule has 36 nitrogen and oxygen atoms in total. The number of aliphatic hydroxyl groups is 21. The van der Waals surface area contributed by atoms with Gasteiger partial charge in [-0.1, -0.05) is 0 Å². The molecular weight excluding hydrogens is 1100 g/mol. The number of methoxy groups -OCH3 is 2. The highest BCUT2D eigenvalue weighted by Gasteiger charge is 2.58. The third kappa shape index (κ3) is 13.6. The molecule has 0 spiro atoms. The molecule has 7 heterocycles. The minimum atomic E-state index is -2.27. The van der Waals surface area contributed by atoms with E-state index >= 15 is 0 Å². The molecule has 21 N–H and O–H groups in total. The first-order chi connectivity index (χ1) is 38.0. The maximum atomic E-state index is 11.9. The smallest absolute Gasteiger partial charge is 0.187 e. The summed E-state index contributed by atoms with van der Waals surface area (Å²) in [5, 5.41) is 227. The first-order valence-corrected chi connectivity index (χ1v) is 25.4. The molecule has 80 heavy (non-hydrogen) atoms. The highest BCUT2D eigenvalue weighted by molar-refractivity contribution is 5.00. The van der Waals surface area contributed by atoms with Crippen molar-refractivity contribution in [3.8, 4) is 0 Å². The molecule has 36 heteroatoms. The van der Waals surface area contributed by atoms with Crippen LogP contribution in [0.4, 0.5) is 0 Å². The Balaban J connectivity index is 1.12. The van der Waals surface area contributed by atoms with Crippen LogP contribution >= 0.6 is 0 Å². The van der Waals surface area contributed by atoms with Gasteiger partial charge in [0.05, 0.1) is 46.2 Å². The molecule has 0 bridgehead atoms. The maximum Gasteiger partial charge on any atom is 0.187 e. The fraction of sp³-hybridized carbons (Fsp3) is 1.00. The molecule has 0 aromatic carbocycles. The average Bonchev–Trinajstić information content (AvgIpc) is 3.46. The molecule has 14 unspecified atom stereocenters. The Morgan fingerprint density at radius 1 is 0.237 bits per heavy atom. The zero-order valence-corrected chi connectivity index (χ0v) is 42.7. The van der Waals surface area contributed by atoms with Crippen LogP contribution in [-0.4, -0.2) is 383 Å². The summed E-state index contributed by atoms with van der Waals surface area (Å²) in [5.74, 6) is 0. The predicted octanol–water partition coefficient (Wildman–Crippen LogP) is -15.0. The van der Waals surface area contributed by atoms with Gasteiger partial charge in [-0.15, -0.1) is 0 Å². The van der Waals surface area contributed by atoms with Crippen LogP contribution in [0.1, 0.15) is 0 Å². The SMILES string of the molecule is CO[C@@H]1OC(CO)[C@@H](O)[C@H](O[C@@H]2OC(CO[C@@H]3OC(CO)[C@@H](O)[C@H](O[C@@H]4OC(CO)[C@@H](O)[C@H](O[C@@H]5OC(CO)[C@@H](O)[C@H](O)C5O)C4O)C3O)[C@@H](O)[C@H](O[C@@H]3OC(CO)[C@@H](O)[C@H](O[C@@H]4OC(CO)[C@@H](O)[C@H](OC)C4O)C3O)C2O)C1O. The van der Waals surface area contributed by atoms with Crippen LogP contribution < -0.4 is 0 Å². The zero-order valence-electron chi connectivity index (χ0n) is 42.7. The van der Waals surface area contributed by atoms with E-state index in [-0.39, 0.29) is 0 Å².